The third-order valence-corrected chi connectivity index (χ3v) is 3.52. The van der Waals surface area contributed by atoms with Crippen molar-refractivity contribution in [1.29, 1.82) is 0 Å². The first-order chi connectivity index (χ1) is 7.38. The molecule has 0 radical (unpaired) electrons. The number of carbonyl (C=O) groups excluding carboxylic acids is 1. The molecule has 0 aliphatic carbocycles. The van der Waals surface area contributed by atoms with Crippen LogP contribution in [0.5, 0.6) is 0 Å². The van der Waals surface area contributed by atoms with Crippen LogP contribution < -0.4 is 5.32 Å². The molecule has 0 aromatic heterocycles. The molecule has 1 fully saturated rings. The van der Waals surface area contributed by atoms with E-state index in [0.29, 0.717) is 6.04 Å². The topological polar surface area (TPSA) is 38.3 Å². The van der Waals surface area contributed by atoms with E-state index in [2.05, 4.69) is 5.32 Å². The largest absolute Gasteiger partial charge is 0.459 e. The zero-order valence-corrected chi connectivity index (χ0v) is 11.5. The lowest BCUT2D eigenvalue weighted by atomic mass is 10.1. The van der Waals surface area contributed by atoms with E-state index < -0.39 is 5.60 Å². The van der Waals surface area contributed by atoms with Crippen LogP contribution in [0.4, 0.5) is 0 Å². The first kappa shape index (κ1) is 13.8. The van der Waals surface area contributed by atoms with Crippen LogP contribution in [0, 0.1) is 0 Å². The van der Waals surface area contributed by atoms with Crippen molar-refractivity contribution >= 4 is 17.7 Å². The molecule has 1 unspecified atom stereocenters. The van der Waals surface area contributed by atoms with Gasteiger partial charge in [0.1, 0.15) is 11.6 Å². The average molecular weight is 245 g/mol. The second kappa shape index (κ2) is 5.92. The zero-order valence-electron chi connectivity index (χ0n) is 10.7. The lowest BCUT2D eigenvalue weighted by Gasteiger charge is -2.27. The van der Waals surface area contributed by atoms with Crippen LogP contribution in [0.1, 0.15) is 40.5 Å². The van der Waals surface area contributed by atoms with Gasteiger partial charge in [0.2, 0.25) is 0 Å². The maximum absolute atomic E-state index is 11.7. The van der Waals surface area contributed by atoms with Gasteiger partial charge in [-0.1, -0.05) is 0 Å². The van der Waals surface area contributed by atoms with E-state index in [9.17, 15) is 4.79 Å². The molecule has 1 saturated heterocycles. The van der Waals surface area contributed by atoms with E-state index in [1.165, 1.54) is 11.5 Å². The molecule has 0 saturated carbocycles. The van der Waals surface area contributed by atoms with Crippen molar-refractivity contribution in [2.75, 3.05) is 11.5 Å². The highest BCUT2D eigenvalue weighted by atomic mass is 32.2. The minimum atomic E-state index is -0.393. The van der Waals surface area contributed by atoms with Gasteiger partial charge < -0.3 is 10.1 Å². The standard InChI is InChI=1S/C12H23NO2S/c1-9(11(14)15-12(2,3)4)13-10-5-7-16-8-6-10/h9-10,13H,5-8H2,1-4H3. The van der Waals surface area contributed by atoms with Gasteiger partial charge in [-0.25, -0.2) is 0 Å². The van der Waals surface area contributed by atoms with E-state index in [1.807, 2.05) is 39.5 Å². The summed E-state index contributed by atoms with van der Waals surface area (Å²) in [5.74, 6) is 2.24. The van der Waals surface area contributed by atoms with E-state index in [4.69, 9.17) is 4.74 Å². The third-order valence-electron chi connectivity index (χ3n) is 2.47. The van der Waals surface area contributed by atoms with Crippen molar-refractivity contribution < 1.29 is 9.53 Å². The maximum atomic E-state index is 11.7. The van der Waals surface area contributed by atoms with Crippen LogP contribution >= 0.6 is 11.8 Å². The van der Waals surface area contributed by atoms with Gasteiger partial charge in [0.05, 0.1) is 0 Å². The van der Waals surface area contributed by atoms with Crippen molar-refractivity contribution in [2.45, 2.75) is 58.2 Å². The van der Waals surface area contributed by atoms with Crippen molar-refractivity contribution in [1.82, 2.24) is 5.32 Å². The van der Waals surface area contributed by atoms with Gasteiger partial charge in [-0.2, -0.15) is 11.8 Å². The predicted molar refractivity (Wildman–Crippen MR) is 68.8 cm³/mol. The summed E-state index contributed by atoms with van der Waals surface area (Å²) in [6, 6.07) is 0.274. The molecule has 0 aromatic carbocycles. The van der Waals surface area contributed by atoms with Gasteiger partial charge in [0.15, 0.2) is 0 Å². The molecule has 0 bridgehead atoms. The quantitative estimate of drug-likeness (QED) is 0.774. The Hall–Kier alpha value is -0.220. The Morgan fingerprint density at radius 2 is 1.94 bits per heavy atom. The number of ether oxygens (including phenoxy) is 1. The fourth-order valence-electron chi connectivity index (χ4n) is 1.68. The normalized spacial score (nSPS) is 20.5. The number of rotatable bonds is 3. The van der Waals surface area contributed by atoms with Crippen LogP contribution in [-0.2, 0) is 9.53 Å². The Morgan fingerprint density at radius 3 is 2.44 bits per heavy atom. The van der Waals surface area contributed by atoms with E-state index >= 15 is 0 Å². The summed E-state index contributed by atoms with van der Waals surface area (Å²) in [6.07, 6.45) is 2.30. The minimum Gasteiger partial charge on any atom is -0.459 e. The van der Waals surface area contributed by atoms with Gasteiger partial charge in [-0.05, 0) is 52.0 Å². The molecule has 1 aliphatic rings. The number of carbonyl (C=O) groups is 1. The summed E-state index contributed by atoms with van der Waals surface area (Å²) in [6.45, 7) is 7.58. The number of hydrogen-bond donors (Lipinski definition) is 1. The van der Waals surface area contributed by atoms with Crippen molar-refractivity contribution in [3.05, 3.63) is 0 Å². The minimum absolute atomic E-state index is 0.147. The second-order valence-corrected chi connectivity index (χ2v) is 6.53. The van der Waals surface area contributed by atoms with Crippen LogP contribution in [0.25, 0.3) is 0 Å². The molecule has 1 rings (SSSR count). The zero-order chi connectivity index (χ0) is 12.2. The molecule has 1 aliphatic heterocycles. The molecule has 16 heavy (non-hydrogen) atoms. The van der Waals surface area contributed by atoms with Crippen LogP contribution in [0.15, 0.2) is 0 Å². The highest BCUT2D eigenvalue weighted by molar-refractivity contribution is 7.99. The van der Waals surface area contributed by atoms with E-state index in [1.54, 1.807) is 0 Å². The number of nitrogens with one attached hydrogen (secondary N) is 1. The molecule has 0 spiro atoms. The van der Waals surface area contributed by atoms with Crippen LogP contribution in [0.3, 0.4) is 0 Å². The van der Waals surface area contributed by atoms with Gasteiger partial charge in [-0.15, -0.1) is 0 Å². The third kappa shape index (κ3) is 5.21. The highest BCUT2D eigenvalue weighted by Crippen LogP contribution is 2.17. The van der Waals surface area contributed by atoms with E-state index in [-0.39, 0.29) is 12.0 Å². The molecular formula is C12H23NO2S. The monoisotopic (exact) mass is 245 g/mol. The fourth-order valence-corrected chi connectivity index (χ4v) is 2.78. The Bertz CT molecular complexity index is 232. The summed E-state index contributed by atoms with van der Waals surface area (Å²) < 4.78 is 5.33. The lowest BCUT2D eigenvalue weighted by molar-refractivity contribution is -0.157. The molecule has 3 nitrogen and oxygen atoms in total. The van der Waals surface area contributed by atoms with Gasteiger partial charge in [0.25, 0.3) is 0 Å². The molecule has 94 valence electrons. The first-order valence-corrected chi connectivity index (χ1v) is 7.10. The number of esters is 1. The SMILES string of the molecule is CC(NC1CCSCC1)C(=O)OC(C)(C)C. The Kier molecular flexibility index (Phi) is 5.12. The fraction of sp³-hybridized carbons (Fsp3) is 0.917. The smallest absolute Gasteiger partial charge is 0.323 e. The lowest BCUT2D eigenvalue weighted by Crippen LogP contribution is -2.45. The van der Waals surface area contributed by atoms with Crippen molar-refractivity contribution in [2.24, 2.45) is 0 Å². The van der Waals surface area contributed by atoms with Gasteiger partial charge in [-0.3, -0.25) is 4.79 Å². The van der Waals surface area contributed by atoms with Crippen LogP contribution in [0.2, 0.25) is 0 Å². The van der Waals surface area contributed by atoms with Crippen LogP contribution in [-0.4, -0.2) is 35.2 Å². The average Bonchev–Trinajstić information content (AvgIpc) is 2.16. The summed E-state index contributed by atoms with van der Waals surface area (Å²) >= 11 is 1.99. The Morgan fingerprint density at radius 1 is 1.38 bits per heavy atom. The summed E-state index contributed by atoms with van der Waals surface area (Å²) in [5.41, 5.74) is -0.393. The first-order valence-electron chi connectivity index (χ1n) is 5.95. The van der Waals surface area contributed by atoms with Crippen molar-refractivity contribution in [3.63, 3.8) is 0 Å². The second-order valence-electron chi connectivity index (χ2n) is 5.31. The Labute approximate surface area is 103 Å². The highest BCUT2D eigenvalue weighted by Gasteiger charge is 2.24. The number of hydrogen-bond acceptors (Lipinski definition) is 4. The van der Waals surface area contributed by atoms with Gasteiger partial charge >= 0.3 is 5.97 Å². The maximum Gasteiger partial charge on any atom is 0.323 e. The molecular weight excluding hydrogens is 222 g/mol. The molecule has 1 heterocycles. The number of thioether (sulfide) groups is 1. The summed E-state index contributed by atoms with van der Waals surface area (Å²) in [7, 11) is 0. The molecule has 1 N–H and O–H groups in total. The van der Waals surface area contributed by atoms with Gasteiger partial charge in [0, 0.05) is 6.04 Å². The molecule has 0 amide bonds. The molecule has 4 heteroatoms. The molecule has 0 aromatic rings. The molecule has 1 atom stereocenters. The van der Waals surface area contributed by atoms with Crippen molar-refractivity contribution in [3.8, 4) is 0 Å². The summed E-state index contributed by atoms with van der Waals surface area (Å²) in [5, 5.41) is 3.35. The van der Waals surface area contributed by atoms with E-state index in [0.717, 1.165) is 12.8 Å². The Balaban J connectivity index is 2.33. The summed E-state index contributed by atoms with van der Waals surface area (Å²) in [4.78, 5) is 11.7. The predicted octanol–water partition coefficient (Wildman–Crippen LogP) is 2.20.